The number of ether oxygens (including phenoxy) is 1. The van der Waals surface area contributed by atoms with E-state index < -0.39 is 0 Å². The number of aromatic nitrogens is 2. The molecule has 2 heterocycles. The predicted octanol–water partition coefficient (Wildman–Crippen LogP) is 1.75. The largest absolute Gasteiger partial charge is 0.381 e. The Morgan fingerprint density at radius 3 is 2.67 bits per heavy atom. The highest BCUT2D eigenvalue weighted by molar-refractivity contribution is 5.91. The third kappa shape index (κ3) is 4.15. The molecule has 0 atom stereocenters. The lowest BCUT2D eigenvalue weighted by atomic mass is 9.74. The van der Waals surface area contributed by atoms with Crippen LogP contribution in [0.25, 0.3) is 0 Å². The van der Waals surface area contributed by atoms with Crippen LogP contribution >= 0.6 is 0 Å². The second-order valence-corrected chi connectivity index (χ2v) is 6.00. The van der Waals surface area contributed by atoms with Gasteiger partial charge < -0.3 is 15.4 Å². The van der Waals surface area contributed by atoms with Gasteiger partial charge in [-0.15, -0.1) is 0 Å². The Balaban J connectivity index is 1.57. The Morgan fingerprint density at radius 2 is 1.96 bits per heavy atom. The van der Waals surface area contributed by atoms with Crippen LogP contribution in [0, 0.1) is 0 Å². The van der Waals surface area contributed by atoms with E-state index in [0.717, 1.165) is 32.6 Å². The molecular formula is C18H22N4O2. The van der Waals surface area contributed by atoms with Crippen molar-refractivity contribution in [3.8, 4) is 0 Å². The number of anilines is 1. The Kier molecular flexibility index (Phi) is 5.51. The summed E-state index contributed by atoms with van der Waals surface area (Å²) in [5.74, 6) is 0.346. The molecule has 3 rings (SSSR count). The number of hydrogen-bond donors (Lipinski definition) is 2. The summed E-state index contributed by atoms with van der Waals surface area (Å²) in [6.45, 7) is 2.49. The molecule has 6 nitrogen and oxygen atoms in total. The van der Waals surface area contributed by atoms with Crippen LogP contribution in [0.1, 0.15) is 18.4 Å². The molecule has 0 bridgehead atoms. The number of rotatable bonds is 6. The Hall–Kier alpha value is -2.31. The first-order valence-corrected chi connectivity index (χ1v) is 8.18. The van der Waals surface area contributed by atoms with E-state index in [1.165, 1.54) is 11.8 Å². The maximum atomic E-state index is 12.0. The molecule has 24 heavy (non-hydrogen) atoms. The van der Waals surface area contributed by atoms with Gasteiger partial charge in [-0.2, -0.15) is 0 Å². The lowest BCUT2D eigenvalue weighted by Gasteiger charge is -2.38. The Bertz CT molecular complexity index is 643. The van der Waals surface area contributed by atoms with Crippen molar-refractivity contribution in [1.82, 2.24) is 15.3 Å². The van der Waals surface area contributed by atoms with Crippen LogP contribution < -0.4 is 10.6 Å². The zero-order valence-electron chi connectivity index (χ0n) is 13.6. The van der Waals surface area contributed by atoms with Crippen LogP contribution in [0.4, 0.5) is 5.82 Å². The second-order valence-electron chi connectivity index (χ2n) is 6.00. The van der Waals surface area contributed by atoms with Gasteiger partial charge in [0, 0.05) is 37.6 Å². The minimum Gasteiger partial charge on any atom is -0.381 e. The average Bonchev–Trinajstić information content (AvgIpc) is 2.64. The molecule has 1 aromatic heterocycles. The Morgan fingerprint density at radius 1 is 1.17 bits per heavy atom. The zero-order valence-corrected chi connectivity index (χ0v) is 13.6. The number of hydrogen-bond acceptors (Lipinski definition) is 5. The highest BCUT2D eigenvalue weighted by atomic mass is 16.5. The van der Waals surface area contributed by atoms with E-state index in [1.54, 1.807) is 12.4 Å². The molecule has 2 aromatic rings. The molecule has 2 N–H and O–H groups in total. The molecule has 6 heteroatoms. The molecule has 1 aromatic carbocycles. The van der Waals surface area contributed by atoms with Crippen molar-refractivity contribution in [2.75, 3.05) is 31.6 Å². The van der Waals surface area contributed by atoms with Crippen molar-refractivity contribution in [1.29, 1.82) is 0 Å². The van der Waals surface area contributed by atoms with Crippen molar-refractivity contribution in [2.45, 2.75) is 18.3 Å². The normalized spacial score (nSPS) is 16.5. The number of benzene rings is 1. The fourth-order valence-corrected chi connectivity index (χ4v) is 3.09. The number of nitrogens with zero attached hydrogens (tertiary/aromatic N) is 2. The van der Waals surface area contributed by atoms with Gasteiger partial charge in [0.15, 0.2) is 5.82 Å². The number of carbonyl (C=O) groups excluding carboxylic acids is 1. The summed E-state index contributed by atoms with van der Waals surface area (Å²) in [6, 6.07) is 10.5. The van der Waals surface area contributed by atoms with Gasteiger partial charge in [0.1, 0.15) is 0 Å². The average molecular weight is 326 g/mol. The van der Waals surface area contributed by atoms with Gasteiger partial charge in [0.25, 0.3) is 0 Å². The van der Waals surface area contributed by atoms with E-state index in [0.29, 0.717) is 5.82 Å². The summed E-state index contributed by atoms with van der Waals surface area (Å²) in [4.78, 5) is 20.0. The van der Waals surface area contributed by atoms with Crippen LogP contribution in [0.15, 0.2) is 48.9 Å². The lowest BCUT2D eigenvalue weighted by Crippen LogP contribution is -2.44. The number of nitrogens with one attached hydrogen (secondary N) is 2. The molecule has 1 aliphatic heterocycles. The van der Waals surface area contributed by atoms with Crippen LogP contribution in [0.5, 0.6) is 0 Å². The second kappa shape index (κ2) is 7.99. The lowest BCUT2D eigenvalue weighted by molar-refractivity contribution is -0.115. The van der Waals surface area contributed by atoms with Gasteiger partial charge >= 0.3 is 0 Å². The van der Waals surface area contributed by atoms with Crippen LogP contribution in [-0.2, 0) is 14.9 Å². The first-order chi connectivity index (χ1) is 11.8. The molecule has 0 radical (unpaired) electrons. The molecule has 1 aliphatic rings. The summed E-state index contributed by atoms with van der Waals surface area (Å²) in [6.07, 6.45) is 6.56. The van der Waals surface area contributed by atoms with E-state index in [4.69, 9.17) is 4.74 Å². The van der Waals surface area contributed by atoms with Gasteiger partial charge in [-0.3, -0.25) is 9.78 Å². The summed E-state index contributed by atoms with van der Waals surface area (Å²) in [7, 11) is 0. The molecule has 1 amide bonds. The highest BCUT2D eigenvalue weighted by Gasteiger charge is 2.34. The molecule has 0 aliphatic carbocycles. The fraction of sp³-hybridized carbons (Fsp3) is 0.389. The molecule has 0 saturated carbocycles. The van der Waals surface area contributed by atoms with Gasteiger partial charge in [-0.25, -0.2) is 4.98 Å². The maximum absolute atomic E-state index is 12.0. The van der Waals surface area contributed by atoms with E-state index in [-0.39, 0.29) is 17.9 Å². The monoisotopic (exact) mass is 326 g/mol. The fourth-order valence-electron chi connectivity index (χ4n) is 3.09. The summed E-state index contributed by atoms with van der Waals surface area (Å²) in [5.41, 5.74) is 1.32. The quantitative estimate of drug-likeness (QED) is 0.846. The summed E-state index contributed by atoms with van der Waals surface area (Å²) in [5, 5.41) is 6.03. The SMILES string of the molecule is O=C(CNCC1(c2ccccc2)CCOCC1)Nc1cnccn1. The molecule has 1 saturated heterocycles. The van der Waals surface area contributed by atoms with Crippen LogP contribution in [-0.4, -0.2) is 42.2 Å². The van der Waals surface area contributed by atoms with Crippen molar-refractivity contribution in [3.63, 3.8) is 0 Å². The first kappa shape index (κ1) is 16.5. The van der Waals surface area contributed by atoms with Crippen molar-refractivity contribution >= 4 is 11.7 Å². The molecular weight excluding hydrogens is 304 g/mol. The van der Waals surface area contributed by atoms with E-state index in [1.807, 2.05) is 6.07 Å². The van der Waals surface area contributed by atoms with Crippen LogP contribution in [0.2, 0.25) is 0 Å². The maximum Gasteiger partial charge on any atom is 0.239 e. The molecule has 0 spiro atoms. The third-order valence-corrected chi connectivity index (χ3v) is 4.42. The standard InChI is InChI=1S/C18H22N4O2/c23-17(22-16-12-19-8-9-21-16)13-20-14-18(6-10-24-11-7-18)15-4-2-1-3-5-15/h1-5,8-9,12,20H,6-7,10-11,13-14H2,(H,21,22,23). The van der Waals surface area contributed by atoms with E-state index in [9.17, 15) is 4.79 Å². The highest BCUT2D eigenvalue weighted by Crippen LogP contribution is 2.34. The third-order valence-electron chi connectivity index (χ3n) is 4.42. The van der Waals surface area contributed by atoms with Crippen molar-refractivity contribution in [3.05, 3.63) is 54.5 Å². The summed E-state index contributed by atoms with van der Waals surface area (Å²) >= 11 is 0. The number of amides is 1. The van der Waals surface area contributed by atoms with Crippen molar-refractivity contribution < 1.29 is 9.53 Å². The first-order valence-electron chi connectivity index (χ1n) is 8.18. The van der Waals surface area contributed by atoms with Gasteiger partial charge in [-0.1, -0.05) is 30.3 Å². The molecule has 0 unspecified atom stereocenters. The summed E-state index contributed by atoms with van der Waals surface area (Å²) < 4.78 is 5.53. The molecule has 126 valence electrons. The Labute approximate surface area is 141 Å². The van der Waals surface area contributed by atoms with Gasteiger partial charge in [0.2, 0.25) is 5.91 Å². The number of carbonyl (C=O) groups is 1. The van der Waals surface area contributed by atoms with Gasteiger partial charge in [-0.05, 0) is 18.4 Å². The smallest absolute Gasteiger partial charge is 0.239 e. The predicted molar refractivity (Wildman–Crippen MR) is 91.7 cm³/mol. The van der Waals surface area contributed by atoms with E-state index >= 15 is 0 Å². The minimum atomic E-state index is -0.120. The minimum absolute atomic E-state index is 0.0202. The van der Waals surface area contributed by atoms with E-state index in [2.05, 4.69) is 44.9 Å². The topological polar surface area (TPSA) is 76.1 Å². The zero-order chi connectivity index (χ0) is 16.7. The molecule has 1 fully saturated rings. The van der Waals surface area contributed by atoms with Gasteiger partial charge in [0.05, 0.1) is 12.7 Å². The van der Waals surface area contributed by atoms with Crippen molar-refractivity contribution in [2.24, 2.45) is 0 Å². The van der Waals surface area contributed by atoms with Crippen LogP contribution in [0.3, 0.4) is 0 Å².